The van der Waals surface area contributed by atoms with Crippen molar-refractivity contribution in [2.75, 3.05) is 6.66 Å². The molecular weight excluding hydrogens is 179 g/mol. The van der Waals surface area contributed by atoms with E-state index >= 15 is 0 Å². The summed E-state index contributed by atoms with van der Waals surface area (Å²) in [6.45, 7) is 0.854. The molecular formula is C7H11O4P. The molecule has 5 heteroatoms. The standard InChI is InChI=1S/C6H6O.CH5O3P/c7-6-4-2-1-3-5-6;1-5(2,3)4/h1-5,7H;1H3,(H2,2,3,4). The highest BCUT2D eigenvalue weighted by Crippen LogP contribution is 2.26. The van der Waals surface area contributed by atoms with Crippen LogP contribution in [0, 0.1) is 0 Å². The summed E-state index contributed by atoms with van der Waals surface area (Å²) < 4.78 is 9.33. The van der Waals surface area contributed by atoms with Gasteiger partial charge in [-0.3, -0.25) is 4.57 Å². The van der Waals surface area contributed by atoms with Crippen molar-refractivity contribution in [1.82, 2.24) is 0 Å². The number of phenols is 1. The van der Waals surface area contributed by atoms with Crippen LogP contribution in [0.25, 0.3) is 0 Å². The van der Waals surface area contributed by atoms with Gasteiger partial charge in [-0.1, -0.05) is 18.2 Å². The van der Waals surface area contributed by atoms with Gasteiger partial charge in [-0.15, -0.1) is 0 Å². The number of rotatable bonds is 0. The van der Waals surface area contributed by atoms with E-state index in [1.807, 2.05) is 6.07 Å². The van der Waals surface area contributed by atoms with Gasteiger partial charge in [-0.25, -0.2) is 0 Å². The van der Waals surface area contributed by atoms with E-state index in [2.05, 4.69) is 0 Å². The van der Waals surface area contributed by atoms with Crippen LogP contribution in [-0.2, 0) is 4.57 Å². The number of aromatic hydroxyl groups is 1. The summed E-state index contributed by atoms with van der Waals surface area (Å²) in [5.41, 5.74) is 0. The molecule has 0 aliphatic heterocycles. The summed E-state index contributed by atoms with van der Waals surface area (Å²) in [6, 6.07) is 8.71. The second-order valence-electron chi connectivity index (χ2n) is 2.17. The molecule has 0 aromatic heterocycles. The van der Waals surface area contributed by atoms with Crippen molar-refractivity contribution < 1.29 is 19.5 Å². The van der Waals surface area contributed by atoms with Crippen LogP contribution in [0.1, 0.15) is 0 Å². The second-order valence-corrected chi connectivity index (χ2v) is 3.84. The van der Waals surface area contributed by atoms with Crippen LogP contribution in [0.4, 0.5) is 0 Å². The molecule has 0 saturated carbocycles. The molecule has 3 N–H and O–H groups in total. The van der Waals surface area contributed by atoms with Crippen molar-refractivity contribution in [3.05, 3.63) is 30.3 Å². The zero-order chi connectivity index (χ0) is 9.61. The highest BCUT2D eigenvalue weighted by molar-refractivity contribution is 7.50. The maximum absolute atomic E-state index is 9.33. The molecule has 0 atom stereocenters. The zero-order valence-corrected chi connectivity index (χ0v) is 7.48. The minimum absolute atomic E-state index is 0.322. The summed E-state index contributed by atoms with van der Waals surface area (Å²) in [5.74, 6) is 0.322. The van der Waals surface area contributed by atoms with Crippen molar-refractivity contribution >= 4 is 7.60 Å². The molecule has 0 aliphatic rings. The van der Waals surface area contributed by atoms with Gasteiger partial charge in [-0.05, 0) is 12.1 Å². The smallest absolute Gasteiger partial charge is 0.322 e. The van der Waals surface area contributed by atoms with E-state index in [9.17, 15) is 4.57 Å². The van der Waals surface area contributed by atoms with Gasteiger partial charge in [-0.2, -0.15) is 0 Å². The molecule has 4 nitrogen and oxygen atoms in total. The average Bonchev–Trinajstić information content (AvgIpc) is 1.85. The molecule has 12 heavy (non-hydrogen) atoms. The van der Waals surface area contributed by atoms with Gasteiger partial charge in [0.25, 0.3) is 0 Å². The van der Waals surface area contributed by atoms with E-state index in [-0.39, 0.29) is 0 Å². The van der Waals surface area contributed by atoms with Gasteiger partial charge in [0.1, 0.15) is 5.75 Å². The van der Waals surface area contributed by atoms with Gasteiger partial charge in [0.15, 0.2) is 0 Å². The summed E-state index contributed by atoms with van der Waals surface area (Å²) in [6.07, 6.45) is 0. The van der Waals surface area contributed by atoms with Crippen LogP contribution in [0.15, 0.2) is 30.3 Å². The number of hydrogen-bond acceptors (Lipinski definition) is 2. The molecule has 1 aromatic rings. The lowest BCUT2D eigenvalue weighted by molar-refractivity contribution is 0.381. The fraction of sp³-hybridized carbons (Fsp3) is 0.143. The van der Waals surface area contributed by atoms with Crippen molar-refractivity contribution in [2.45, 2.75) is 0 Å². The summed E-state index contributed by atoms with van der Waals surface area (Å²) >= 11 is 0. The molecule has 0 saturated heterocycles. The van der Waals surface area contributed by atoms with E-state index in [4.69, 9.17) is 14.9 Å². The first-order valence-corrected chi connectivity index (χ1v) is 5.22. The predicted molar refractivity (Wildman–Crippen MR) is 46.1 cm³/mol. The second kappa shape index (κ2) is 4.93. The van der Waals surface area contributed by atoms with Gasteiger partial charge < -0.3 is 14.9 Å². The van der Waals surface area contributed by atoms with E-state index < -0.39 is 7.60 Å². The fourth-order valence-electron chi connectivity index (χ4n) is 0.428. The Morgan fingerprint density at radius 3 is 1.67 bits per heavy atom. The maximum Gasteiger partial charge on any atom is 0.322 e. The minimum Gasteiger partial charge on any atom is -0.508 e. The molecule has 0 aliphatic carbocycles. The van der Waals surface area contributed by atoms with E-state index in [1.165, 1.54) is 0 Å². The quantitative estimate of drug-likeness (QED) is 0.537. The first-order valence-electron chi connectivity index (χ1n) is 3.16. The Balaban J connectivity index is 0.000000217. The molecule has 0 radical (unpaired) electrons. The van der Waals surface area contributed by atoms with Crippen LogP contribution in [0.2, 0.25) is 0 Å². The largest absolute Gasteiger partial charge is 0.508 e. The van der Waals surface area contributed by atoms with Gasteiger partial charge in [0, 0.05) is 6.66 Å². The van der Waals surface area contributed by atoms with Gasteiger partial charge >= 0.3 is 7.60 Å². The summed E-state index contributed by atoms with van der Waals surface area (Å²) in [4.78, 5) is 15.3. The Bertz CT molecular complexity index is 245. The van der Waals surface area contributed by atoms with Crippen LogP contribution in [0.5, 0.6) is 5.75 Å². The van der Waals surface area contributed by atoms with E-state index in [0.29, 0.717) is 5.75 Å². The topological polar surface area (TPSA) is 77.8 Å². The Labute approximate surface area is 70.6 Å². The summed E-state index contributed by atoms with van der Waals surface area (Å²) in [7, 11) is -3.64. The van der Waals surface area contributed by atoms with Crippen LogP contribution in [-0.4, -0.2) is 21.6 Å². The third-order valence-corrected chi connectivity index (χ3v) is 0.756. The number of para-hydroxylation sites is 1. The van der Waals surface area contributed by atoms with Gasteiger partial charge in [0.05, 0.1) is 0 Å². The average molecular weight is 190 g/mol. The fourth-order valence-corrected chi connectivity index (χ4v) is 0.428. The third-order valence-electron chi connectivity index (χ3n) is 0.756. The lowest BCUT2D eigenvalue weighted by atomic mass is 10.3. The molecule has 1 aromatic carbocycles. The van der Waals surface area contributed by atoms with E-state index in [1.54, 1.807) is 24.3 Å². The molecule has 1 rings (SSSR count). The Morgan fingerprint density at radius 2 is 1.50 bits per heavy atom. The third kappa shape index (κ3) is 11.9. The lowest BCUT2D eigenvalue weighted by Gasteiger charge is -1.84. The van der Waals surface area contributed by atoms with Gasteiger partial charge in [0.2, 0.25) is 0 Å². The van der Waals surface area contributed by atoms with Crippen LogP contribution >= 0.6 is 7.60 Å². The highest BCUT2D eigenvalue weighted by Gasteiger charge is 1.95. The molecule has 0 spiro atoms. The zero-order valence-electron chi connectivity index (χ0n) is 6.58. The minimum atomic E-state index is -3.64. The van der Waals surface area contributed by atoms with Crippen molar-refractivity contribution in [3.63, 3.8) is 0 Å². The maximum atomic E-state index is 9.33. The number of benzene rings is 1. The normalized spacial score (nSPS) is 9.92. The number of hydrogen-bond donors (Lipinski definition) is 3. The Kier molecular flexibility index (Phi) is 4.59. The highest BCUT2D eigenvalue weighted by atomic mass is 31.2. The van der Waals surface area contributed by atoms with E-state index in [0.717, 1.165) is 6.66 Å². The molecule has 0 bridgehead atoms. The van der Waals surface area contributed by atoms with Crippen molar-refractivity contribution in [1.29, 1.82) is 0 Å². The number of phenolic OH excluding ortho intramolecular Hbond substituents is 1. The first-order chi connectivity index (χ1) is 5.39. The summed E-state index contributed by atoms with van der Waals surface area (Å²) in [5, 5.41) is 8.63. The molecule has 68 valence electrons. The lowest BCUT2D eigenvalue weighted by Crippen LogP contribution is -1.64. The molecule has 0 fully saturated rings. The monoisotopic (exact) mass is 190 g/mol. The van der Waals surface area contributed by atoms with Crippen LogP contribution < -0.4 is 0 Å². The molecule has 0 heterocycles. The Morgan fingerprint density at radius 1 is 1.17 bits per heavy atom. The Hall–Kier alpha value is -0.830. The van der Waals surface area contributed by atoms with Crippen molar-refractivity contribution in [2.24, 2.45) is 0 Å². The van der Waals surface area contributed by atoms with Crippen molar-refractivity contribution in [3.8, 4) is 5.75 Å². The first kappa shape index (κ1) is 11.2. The molecule has 0 amide bonds. The molecule has 0 unspecified atom stereocenters. The predicted octanol–water partition coefficient (Wildman–Crippen LogP) is 1.19. The SMILES string of the molecule is CP(=O)(O)O.Oc1ccccc1. The van der Waals surface area contributed by atoms with Crippen LogP contribution in [0.3, 0.4) is 0 Å².